The number of aryl methyl sites for hydroxylation is 1. The molecule has 0 saturated carbocycles. The zero-order valence-electron chi connectivity index (χ0n) is 12.5. The number of ether oxygens (including phenoxy) is 1. The molecule has 1 amide bonds. The Hall–Kier alpha value is -2.11. The van der Waals surface area contributed by atoms with E-state index in [1.54, 1.807) is 0 Å². The smallest absolute Gasteiger partial charge is 0.229 e. The van der Waals surface area contributed by atoms with E-state index in [4.69, 9.17) is 16.3 Å². The van der Waals surface area contributed by atoms with E-state index in [0.29, 0.717) is 16.8 Å². The van der Waals surface area contributed by atoms with Crippen LogP contribution in [0.25, 0.3) is 10.2 Å². The summed E-state index contributed by atoms with van der Waals surface area (Å²) in [7, 11) is 0. The molecule has 0 atom stereocenters. The number of para-hydroxylation sites is 1. The van der Waals surface area contributed by atoms with Crippen LogP contribution in [-0.4, -0.2) is 17.5 Å². The monoisotopic (exact) mass is 346 g/mol. The summed E-state index contributed by atoms with van der Waals surface area (Å²) in [6, 6.07) is 13.2. The third-order valence-corrected chi connectivity index (χ3v) is 4.72. The normalized spacial score (nSPS) is 10.7. The van der Waals surface area contributed by atoms with E-state index in [1.165, 1.54) is 11.3 Å². The number of anilines is 1. The predicted molar refractivity (Wildman–Crippen MR) is 94.6 cm³/mol. The summed E-state index contributed by atoms with van der Waals surface area (Å²) in [5.41, 5.74) is 1.87. The van der Waals surface area contributed by atoms with Crippen molar-refractivity contribution in [2.75, 3.05) is 11.9 Å². The van der Waals surface area contributed by atoms with Gasteiger partial charge in [0, 0.05) is 0 Å². The second kappa shape index (κ2) is 6.98. The Morgan fingerprint density at radius 1 is 1.26 bits per heavy atom. The number of thiazole rings is 1. The van der Waals surface area contributed by atoms with E-state index < -0.39 is 0 Å². The third kappa shape index (κ3) is 3.81. The number of nitrogens with zero attached hydrogens (tertiary/aromatic N) is 1. The first-order chi connectivity index (χ1) is 11.1. The second-order valence-electron chi connectivity index (χ2n) is 5.02. The Bertz CT molecular complexity index is 794. The van der Waals surface area contributed by atoms with Crippen LogP contribution < -0.4 is 10.1 Å². The molecule has 2 aromatic carbocycles. The zero-order valence-corrected chi connectivity index (χ0v) is 14.1. The van der Waals surface area contributed by atoms with Gasteiger partial charge in [0.05, 0.1) is 28.3 Å². The predicted octanol–water partition coefficient (Wildman–Crippen LogP) is 4.67. The van der Waals surface area contributed by atoms with Gasteiger partial charge in [-0.1, -0.05) is 47.2 Å². The zero-order chi connectivity index (χ0) is 16.2. The number of amides is 1. The van der Waals surface area contributed by atoms with Crippen molar-refractivity contribution < 1.29 is 9.53 Å². The molecule has 6 heteroatoms. The summed E-state index contributed by atoms with van der Waals surface area (Å²) in [5, 5.41) is 4.01. The number of rotatable bonds is 5. The van der Waals surface area contributed by atoms with Crippen LogP contribution in [0.15, 0.2) is 42.5 Å². The Morgan fingerprint density at radius 3 is 2.78 bits per heavy atom. The number of halogens is 1. The Kier molecular flexibility index (Phi) is 4.79. The van der Waals surface area contributed by atoms with Crippen molar-refractivity contribution in [3.05, 3.63) is 53.1 Å². The Balaban J connectivity index is 1.60. The van der Waals surface area contributed by atoms with Crippen LogP contribution in [0.5, 0.6) is 5.75 Å². The maximum Gasteiger partial charge on any atom is 0.229 e. The molecule has 3 rings (SSSR count). The molecule has 118 valence electrons. The van der Waals surface area contributed by atoms with Gasteiger partial charge in [0.15, 0.2) is 5.13 Å². The van der Waals surface area contributed by atoms with Gasteiger partial charge in [-0.15, -0.1) is 0 Å². The number of nitrogens with one attached hydrogen (secondary N) is 1. The lowest BCUT2D eigenvalue weighted by molar-refractivity contribution is -0.116. The molecule has 0 spiro atoms. The van der Waals surface area contributed by atoms with Crippen LogP contribution in [0.2, 0.25) is 5.02 Å². The van der Waals surface area contributed by atoms with Crippen LogP contribution in [-0.2, 0) is 4.79 Å². The SMILES string of the molecule is Cc1ccc(Cl)c2sc(NC(=O)CCOc3ccccc3)nc12. The van der Waals surface area contributed by atoms with Gasteiger partial charge in [-0.25, -0.2) is 4.98 Å². The van der Waals surface area contributed by atoms with Crippen molar-refractivity contribution in [1.82, 2.24) is 4.98 Å². The summed E-state index contributed by atoms with van der Waals surface area (Å²) >= 11 is 7.55. The molecule has 1 aromatic heterocycles. The molecule has 23 heavy (non-hydrogen) atoms. The molecular weight excluding hydrogens is 332 g/mol. The van der Waals surface area contributed by atoms with Gasteiger partial charge < -0.3 is 10.1 Å². The maximum atomic E-state index is 12.0. The van der Waals surface area contributed by atoms with Gasteiger partial charge in [0.1, 0.15) is 5.75 Å². The van der Waals surface area contributed by atoms with Crippen molar-refractivity contribution in [3.8, 4) is 5.75 Å². The summed E-state index contributed by atoms with van der Waals surface area (Å²) in [6.07, 6.45) is 0.261. The minimum absolute atomic E-state index is 0.131. The number of benzene rings is 2. The summed E-state index contributed by atoms with van der Waals surface area (Å²) in [4.78, 5) is 16.4. The van der Waals surface area contributed by atoms with E-state index >= 15 is 0 Å². The van der Waals surface area contributed by atoms with Crippen molar-refractivity contribution in [3.63, 3.8) is 0 Å². The molecule has 0 saturated heterocycles. The molecule has 3 aromatic rings. The van der Waals surface area contributed by atoms with E-state index in [1.807, 2.05) is 49.4 Å². The van der Waals surface area contributed by atoms with Crippen molar-refractivity contribution in [2.24, 2.45) is 0 Å². The van der Waals surface area contributed by atoms with Gasteiger partial charge >= 0.3 is 0 Å². The van der Waals surface area contributed by atoms with Crippen LogP contribution in [0.4, 0.5) is 5.13 Å². The molecule has 0 aliphatic carbocycles. The highest BCUT2D eigenvalue weighted by atomic mass is 35.5. The summed E-state index contributed by atoms with van der Waals surface area (Å²) < 4.78 is 6.40. The van der Waals surface area contributed by atoms with Crippen LogP contribution >= 0.6 is 22.9 Å². The third-order valence-electron chi connectivity index (χ3n) is 3.28. The molecule has 1 N–H and O–H groups in total. The first-order valence-electron chi connectivity index (χ1n) is 7.17. The number of carbonyl (C=O) groups is 1. The molecule has 0 fully saturated rings. The number of hydrogen-bond donors (Lipinski definition) is 1. The molecule has 1 heterocycles. The average Bonchev–Trinajstić information content (AvgIpc) is 2.97. The van der Waals surface area contributed by atoms with Crippen molar-refractivity contribution in [2.45, 2.75) is 13.3 Å². The lowest BCUT2D eigenvalue weighted by atomic mass is 10.2. The fourth-order valence-electron chi connectivity index (χ4n) is 2.12. The minimum Gasteiger partial charge on any atom is -0.493 e. The Morgan fingerprint density at radius 2 is 2.04 bits per heavy atom. The standard InChI is InChI=1S/C17H15ClN2O2S/c1-11-7-8-13(18)16-15(11)20-17(23-16)19-14(21)9-10-22-12-5-3-2-4-6-12/h2-8H,9-10H2,1H3,(H,19,20,21). The first-order valence-corrected chi connectivity index (χ1v) is 8.36. The van der Waals surface area contributed by atoms with Crippen LogP contribution in [0, 0.1) is 6.92 Å². The molecule has 4 nitrogen and oxygen atoms in total. The number of carbonyl (C=O) groups excluding carboxylic acids is 1. The molecule has 0 bridgehead atoms. The highest BCUT2D eigenvalue weighted by Gasteiger charge is 2.11. The van der Waals surface area contributed by atoms with Gasteiger partial charge in [-0.2, -0.15) is 0 Å². The average molecular weight is 347 g/mol. The van der Waals surface area contributed by atoms with Crippen LogP contribution in [0.3, 0.4) is 0 Å². The largest absolute Gasteiger partial charge is 0.493 e. The molecule has 0 aliphatic heterocycles. The van der Waals surface area contributed by atoms with E-state index in [9.17, 15) is 4.79 Å². The molecule has 0 radical (unpaired) electrons. The number of hydrogen-bond acceptors (Lipinski definition) is 4. The minimum atomic E-state index is -0.131. The highest BCUT2D eigenvalue weighted by molar-refractivity contribution is 7.23. The topological polar surface area (TPSA) is 51.2 Å². The summed E-state index contributed by atoms with van der Waals surface area (Å²) in [6.45, 7) is 2.29. The van der Waals surface area contributed by atoms with Gasteiger partial charge in [0.2, 0.25) is 5.91 Å². The van der Waals surface area contributed by atoms with Crippen LogP contribution in [0.1, 0.15) is 12.0 Å². The van der Waals surface area contributed by atoms with Crippen molar-refractivity contribution >= 4 is 44.2 Å². The fourth-order valence-corrected chi connectivity index (χ4v) is 3.35. The van der Waals surface area contributed by atoms with Crippen molar-refractivity contribution in [1.29, 1.82) is 0 Å². The Labute approximate surface area is 143 Å². The number of fused-ring (bicyclic) bond motifs is 1. The highest BCUT2D eigenvalue weighted by Crippen LogP contribution is 2.33. The lowest BCUT2D eigenvalue weighted by Gasteiger charge is -2.05. The second-order valence-corrected chi connectivity index (χ2v) is 6.43. The first kappa shape index (κ1) is 15.8. The van der Waals surface area contributed by atoms with E-state index in [2.05, 4.69) is 10.3 Å². The van der Waals surface area contributed by atoms with E-state index in [0.717, 1.165) is 21.5 Å². The quantitative estimate of drug-likeness (QED) is 0.730. The van der Waals surface area contributed by atoms with E-state index in [-0.39, 0.29) is 12.3 Å². The number of aromatic nitrogens is 1. The van der Waals surface area contributed by atoms with Gasteiger partial charge in [-0.3, -0.25) is 4.79 Å². The lowest BCUT2D eigenvalue weighted by Crippen LogP contribution is -2.15. The molecular formula is C17H15ClN2O2S. The maximum absolute atomic E-state index is 12.0. The molecule has 0 aliphatic rings. The van der Waals surface area contributed by atoms with Gasteiger partial charge in [-0.05, 0) is 30.7 Å². The molecule has 0 unspecified atom stereocenters. The fraction of sp³-hybridized carbons (Fsp3) is 0.176. The van der Waals surface area contributed by atoms with Gasteiger partial charge in [0.25, 0.3) is 0 Å². The summed E-state index contributed by atoms with van der Waals surface area (Å²) in [5.74, 6) is 0.622.